The smallest absolute Gasteiger partial charge is 0.138 e. The zero-order valence-electron chi connectivity index (χ0n) is 11.6. The van der Waals surface area contributed by atoms with Crippen LogP contribution >= 0.6 is 11.6 Å². The number of aliphatic hydroxyl groups is 1. The van der Waals surface area contributed by atoms with Gasteiger partial charge in [0.05, 0.1) is 24.4 Å². The average molecular weight is 316 g/mol. The Morgan fingerprint density at radius 3 is 2.50 bits per heavy atom. The Kier molecular flexibility index (Phi) is 6.65. The second-order valence-electron chi connectivity index (χ2n) is 4.08. The highest BCUT2D eigenvalue weighted by atomic mass is 35.5. The summed E-state index contributed by atoms with van der Waals surface area (Å²) in [5.74, 6) is -0.130. The summed E-state index contributed by atoms with van der Waals surface area (Å²) in [7, 11) is 0. The van der Waals surface area contributed by atoms with E-state index in [1.54, 1.807) is 24.3 Å². The van der Waals surface area contributed by atoms with E-state index >= 15 is 0 Å². The number of halogens is 1. The number of rotatable bonds is 5. The number of nitrogens with two attached hydrogens (primary N) is 2. The van der Waals surface area contributed by atoms with Gasteiger partial charge in [-0.15, -0.1) is 0 Å². The molecule has 7 heteroatoms. The van der Waals surface area contributed by atoms with Gasteiger partial charge < -0.3 is 16.6 Å². The summed E-state index contributed by atoms with van der Waals surface area (Å²) < 4.78 is 0. The van der Waals surface area contributed by atoms with Gasteiger partial charge in [-0.1, -0.05) is 29.8 Å². The van der Waals surface area contributed by atoms with E-state index in [-0.39, 0.29) is 35.8 Å². The first-order valence-electron chi connectivity index (χ1n) is 6.22. The number of hydrogen-bond acceptors (Lipinski definition) is 5. The fraction of sp³-hybridized carbons (Fsp3) is 0.133. The molecule has 0 aliphatic rings. The van der Waals surface area contributed by atoms with Gasteiger partial charge in [0, 0.05) is 5.02 Å². The third kappa shape index (κ3) is 4.35. The van der Waals surface area contributed by atoms with Gasteiger partial charge in [0.1, 0.15) is 23.5 Å². The van der Waals surface area contributed by atoms with Crippen molar-refractivity contribution >= 4 is 23.5 Å². The molecule has 0 radical (unpaired) electrons. The number of aliphatic imine (C=N–C) groups is 1. The first-order valence-corrected chi connectivity index (χ1v) is 6.60. The second-order valence-corrected chi connectivity index (χ2v) is 4.49. The minimum Gasteiger partial charge on any atom is -0.396 e. The van der Waals surface area contributed by atoms with Gasteiger partial charge in [0.15, 0.2) is 0 Å². The van der Waals surface area contributed by atoms with Gasteiger partial charge in [0.2, 0.25) is 0 Å². The molecule has 0 fully saturated rings. The molecule has 0 aromatic heterocycles. The van der Waals surface area contributed by atoms with Crippen molar-refractivity contribution in [1.29, 1.82) is 10.5 Å². The highest BCUT2D eigenvalue weighted by Crippen LogP contribution is 2.20. The molecule has 0 aliphatic carbocycles. The molecule has 0 heterocycles. The molecule has 1 aromatic carbocycles. The minimum atomic E-state index is -0.208. The molecule has 0 unspecified atom stereocenters. The number of allylic oxidation sites excluding steroid dienone is 1. The number of nitrogens with zero attached hydrogens (tertiary/aromatic N) is 3. The van der Waals surface area contributed by atoms with Crippen LogP contribution in [0.3, 0.4) is 0 Å². The predicted octanol–water partition coefficient (Wildman–Crippen LogP) is 1.33. The molecule has 0 atom stereocenters. The van der Waals surface area contributed by atoms with Crippen LogP contribution in [-0.2, 0) is 0 Å². The largest absolute Gasteiger partial charge is 0.396 e. The lowest BCUT2D eigenvalue weighted by molar-refractivity contribution is 0.307. The summed E-state index contributed by atoms with van der Waals surface area (Å²) in [6.45, 7) is -0.166. The van der Waals surface area contributed by atoms with E-state index < -0.39 is 0 Å². The van der Waals surface area contributed by atoms with Crippen LogP contribution in [0.2, 0.25) is 5.02 Å². The third-order valence-corrected chi connectivity index (χ3v) is 2.98. The molecule has 22 heavy (non-hydrogen) atoms. The van der Waals surface area contributed by atoms with E-state index in [9.17, 15) is 5.26 Å². The van der Waals surface area contributed by atoms with Gasteiger partial charge in [-0.05, 0) is 17.7 Å². The van der Waals surface area contributed by atoms with E-state index in [1.165, 1.54) is 6.08 Å². The Balaban J connectivity index is 3.35. The van der Waals surface area contributed by atoms with Crippen molar-refractivity contribution in [2.75, 3.05) is 13.2 Å². The van der Waals surface area contributed by atoms with Crippen molar-refractivity contribution in [3.05, 3.63) is 51.7 Å². The van der Waals surface area contributed by atoms with E-state index in [1.807, 2.05) is 12.1 Å². The van der Waals surface area contributed by atoms with E-state index in [0.29, 0.717) is 10.6 Å². The standard InChI is InChI=1S/C15H14ClN5O/c16-13-4-2-1-3-10(13)7-11(8-17)14(19)12(9-18)15(20)21-5-6-22/h1-4,7,22H,5-6,19H2,(H2,20,21)/b11-7-,14-12?. The Labute approximate surface area is 133 Å². The summed E-state index contributed by atoms with van der Waals surface area (Å²) >= 11 is 6.02. The zero-order valence-corrected chi connectivity index (χ0v) is 12.4. The normalized spacial score (nSPS) is 13.1. The van der Waals surface area contributed by atoms with Crippen LogP contribution in [0.4, 0.5) is 0 Å². The summed E-state index contributed by atoms with van der Waals surface area (Å²) in [5, 5.41) is 27.6. The van der Waals surface area contributed by atoms with Gasteiger partial charge in [-0.25, -0.2) is 0 Å². The Morgan fingerprint density at radius 1 is 1.27 bits per heavy atom. The third-order valence-electron chi connectivity index (χ3n) is 2.64. The maximum absolute atomic E-state index is 9.25. The monoisotopic (exact) mass is 315 g/mol. The molecule has 5 N–H and O–H groups in total. The quantitative estimate of drug-likeness (QED) is 0.326. The molecular formula is C15H14ClN5O. The van der Waals surface area contributed by atoms with Crippen molar-refractivity contribution in [2.45, 2.75) is 0 Å². The molecule has 0 spiro atoms. The molecular weight excluding hydrogens is 302 g/mol. The van der Waals surface area contributed by atoms with Crippen LogP contribution in [0.1, 0.15) is 5.56 Å². The number of benzene rings is 1. The first-order chi connectivity index (χ1) is 10.5. The maximum Gasteiger partial charge on any atom is 0.138 e. The Hall–Kier alpha value is -2.80. The van der Waals surface area contributed by atoms with Crippen LogP contribution in [0, 0.1) is 22.7 Å². The van der Waals surface area contributed by atoms with Crippen molar-refractivity contribution in [3.8, 4) is 12.1 Å². The SMILES string of the molecule is N#CC(C(N)=NCCO)=C(N)/C(C#N)=C\c1ccccc1Cl. The van der Waals surface area contributed by atoms with Gasteiger partial charge >= 0.3 is 0 Å². The number of aliphatic hydroxyl groups excluding tert-OH is 1. The lowest BCUT2D eigenvalue weighted by Gasteiger charge is -2.05. The topological polar surface area (TPSA) is 132 Å². The lowest BCUT2D eigenvalue weighted by atomic mass is 10.0. The highest BCUT2D eigenvalue weighted by molar-refractivity contribution is 6.32. The molecule has 0 saturated heterocycles. The van der Waals surface area contributed by atoms with Crippen LogP contribution in [0.25, 0.3) is 6.08 Å². The Bertz CT molecular complexity index is 722. The molecule has 0 amide bonds. The van der Waals surface area contributed by atoms with Crippen LogP contribution in [0.5, 0.6) is 0 Å². The van der Waals surface area contributed by atoms with Crippen LogP contribution < -0.4 is 11.5 Å². The molecule has 112 valence electrons. The van der Waals surface area contributed by atoms with Crippen LogP contribution in [0.15, 0.2) is 46.1 Å². The van der Waals surface area contributed by atoms with Crippen molar-refractivity contribution in [1.82, 2.24) is 0 Å². The molecule has 0 saturated carbocycles. The number of hydrogen-bond donors (Lipinski definition) is 3. The minimum absolute atomic E-state index is 0.0421. The zero-order chi connectivity index (χ0) is 16.5. The molecule has 6 nitrogen and oxygen atoms in total. The fourth-order valence-corrected chi connectivity index (χ4v) is 1.75. The molecule has 1 aromatic rings. The molecule has 1 rings (SSSR count). The van der Waals surface area contributed by atoms with Crippen molar-refractivity contribution in [3.63, 3.8) is 0 Å². The number of nitriles is 2. The van der Waals surface area contributed by atoms with E-state index in [2.05, 4.69) is 4.99 Å². The van der Waals surface area contributed by atoms with Gasteiger partial charge in [-0.3, -0.25) is 4.99 Å². The summed E-state index contributed by atoms with van der Waals surface area (Å²) in [6, 6.07) is 10.6. The average Bonchev–Trinajstić information content (AvgIpc) is 2.52. The van der Waals surface area contributed by atoms with E-state index in [0.717, 1.165) is 0 Å². The lowest BCUT2D eigenvalue weighted by Crippen LogP contribution is -2.20. The molecule has 0 aliphatic heterocycles. The Morgan fingerprint density at radius 2 is 1.95 bits per heavy atom. The van der Waals surface area contributed by atoms with Gasteiger partial charge in [-0.2, -0.15) is 10.5 Å². The van der Waals surface area contributed by atoms with Gasteiger partial charge in [0.25, 0.3) is 0 Å². The first kappa shape index (κ1) is 17.3. The highest BCUT2D eigenvalue weighted by Gasteiger charge is 2.12. The van der Waals surface area contributed by atoms with Crippen LogP contribution in [-0.4, -0.2) is 24.1 Å². The predicted molar refractivity (Wildman–Crippen MR) is 85.4 cm³/mol. The van der Waals surface area contributed by atoms with Crippen molar-refractivity contribution in [2.24, 2.45) is 16.5 Å². The van der Waals surface area contributed by atoms with Crippen molar-refractivity contribution < 1.29 is 5.11 Å². The summed E-state index contributed by atoms with van der Waals surface area (Å²) in [5.41, 5.74) is 11.9. The number of amidine groups is 1. The maximum atomic E-state index is 9.25. The fourth-order valence-electron chi connectivity index (χ4n) is 1.56. The molecule has 0 bridgehead atoms. The summed E-state index contributed by atoms with van der Waals surface area (Å²) in [4.78, 5) is 3.80. The second kappa shape index (κ2) is 8.48. The van der Waals surface area contributed by atoms with E-state index in [4.69, 9.17) is 33.4 Å². The summed E-state index contributed by atoms with van der Waals surface area (Å²) in [6.07, 6.45) is 1.47.